The number of nitrogens with two attached hydrogens (primary N) is 1. The van der Waals surface area contributed by atoms with Crippen LogP contribution in [0.2, 0.25) is 0 Å². The third kappa shape index (κ3) is 2.27. The van der Waals surface area contributed by atoms with Crippen molar-refractivity contribution >= 4 is 22.6 Å². The normalized spacial score (nSPS) is 10.7. The molecule has 0 aliphatic heterocycles. The lowest BCUT2D eigenvalue weighted by Gasteiger charge is -2.08. The van der Waals surface area contributed by atoms with Gasteiger partial charge in [0.1, 0.15) is 5.75 Å². The van der Waals surface area contributed by atoms with Crippen molar-refractivity contribution in [2.24, 2.45) is 0 Å². The number of hydrogen-bond acceptors (Lipinski definition) is 5. The van der Waals surface area contributed by atoms with Crippen LogP contribution >= 0.6 is 0 Å². The highest BCUT2D eigenvalue weighted by molar-refractivity contribution is 6.12. The predicted molar refractivity (Wildman–Crippen MR) is 77.7 cm³/mol. The molecule has 21 heavy (non-hydrogen) atoms. The predicted octanol–water partition coefficient (Wildman–Crippen LogP) is 1.94. The van der Waals surface area contributed by atoms with Crippen molar-refractivity contribution in [1.82, 2.24) is 4.98 Å². The second-order valence-corrected chi connectivity index (χ2v) is 4.51. The van der Waals surface area contributed by atoms with Crippen LogP contribution in [-0.2, 0) is 0 Å². The molecule has 0 saturated carbocycles. The van der Waals surface area contributed by atoms with Crippen LogP contribution in [0.25, 0.3) is 11.1 Å². The Morgan fingerprint density at radius 1 is 1.24 bits per heavy atom. The number of hydrogen-bond donors (Lipinski definition) is 2. The molecule has 0 saturated heterocycles. The van der Waals surface area contributed by atoms with Gasteiger partial charge < -0.3 is 14.9 Å². The first-order valence-corrected chi connectivity index (χ1v) is 6.19. The van der Waals surface area contributed by atoms with E-state index in [1.807, 2.05) is 0 Å². The number of nitrogens with one attached hydrogen (secondary N) is 1. The van der Waals surface area contributed by atoms with Crippen LogP contribution in [0.5, 0.6) is 5.75 Å². The zero-order chi connectivity index (χ0) is 15.0. The Morgan fingerprint density at radius 2 is 2.05 bits per heavy atom. The number of fused-ring (bicyclic) bond motifs is 1. The van der Waals surface area contributed by atoms with Crippen molar-refractivity contribution < 1.29 is 13.9 Å². The molecule has 6 nitrogen and oxygen atoms in total. The number of carbonyl (C=O) groups excluding carboxylic acids is 1. The van der Waals surface area contributed by atoms with E-state index in [1.54, 1.807) is 30.3 Å². The van der Waals surface area contributed by atoms with E-state index in [2.05, 4.69) is 4.98 Å². The zero-order valence-electron chi connectivity index (χ0n) is 11.2. The number of rotatable bonds is 3. The van der Waals surface area contributed by atoms with Crippen LogP contribution in [0.1, 0.15) is 15.9 Å². The van der Waals surface area contributed by atoms with Crippen molar-refractivity contribution in [2.75, 3.05) is 12.8 Å². The minimum absolute atomic E-state index is 0.238. The largest absolute Gasteiger partial charge is 0.496 e. The van der Waals surface area contributed by atoms with Crippen molar-refractivity contribution in [3.05, 3.63) is 58.1 Å². The molecule has 1 aromatic heterocycles. The summed E-state index contributed by atoms with van der Waals surface area (Å²) in [7, 11) is 1.47. The molecule has 0 unspecified atom stereocenters. The zero-order valence-corrected chi connectivity index (χ0v) is 11.2. The highest BCUT2D eigenvalue weighted by atomic mass is 16.5. The second-order valence-electron chi connectivity index (χ2n) is 4.51. The molecule has 0 atom stereocenters. The number of ether oxygens (including phenoxy) is 1. The number of carbonyl (C=O) groups is 1. The van der Waals surface area contributed by atoms with Crippen molar-refractivity contribution in [1.29, 1.82) is 0 Å². The summed E-state index contributed by atoms with van der Waals surface area (Å²) in [6, 6.07) is 9.58. The summed E-state index contributed by atoms with van der Waals surface area (Å²) in [5.41, 5.74) is 7.85. The molecule has 2 aromatic carbocycles. The number of methoxy groups -OCH3 is 1. The molecule has 3 N–H and O–H groups in total. The van der Waals surface area contributed by atoms with Crippen LogP contribution in [0.15, 0.2) is 45.6 Å². The summed E-state index contributed by atoms with van der Waals surface area (Å²) >= 11 is 0. The summed E-state index contributed by atoms with van der Waals surface area (Å²) in [4.78, 5) is 26.2. The summed E-state index contributed by atoms with van der Waals surface area (Å²) < 4.78 is 10.1. The van der Waals surface area contributed by atoms with Gasteiger partial charge in [-0.3, -0.25) is 9.78 Å². The van der Waals surface area contributed by atoms with Gasteiger partial charge in [-0.05, 0) is 30.3 Å². The van der Waals surface area contributed by atoms with Gasteiger partial charge >= 0.3 is 5.76 Å². The van der Waals surface area contributed by atoms with Crippen LogP contribution in [0.3, 0.4) is 0 Å². The number of benzene rings is 2. The fraction of sp³-hybridized carbons (Fsp3) is 0.0667. The monoisotopic (exact) mass is 284 g/mol. The summed E-state index contributed by atoms with van der Waals surface area (Å²) in [5, 5.41) is 0. The molecule has 0 spiro atoms. The molecule has 0 amide bonds. The third-order valence-corrected chi connectivity index (χ3v) is 3.15. The Morgan fingerprint density at radius 3 is 2.81 bits per heavy atom. The molecule has 0 aliphatic carbocycles. The topological polar surface area (TPSA) is 98.3 Å². The average molecular weight is 284 g/mol. The summed E-state index contributed by atoms with van der Waals surface area (Å²) in [6.07, 6.45) is 0. The van der Waals surface area contributed by atoms with Crippen LogP contribution < -0.4 is 16.2 Å². The molecule has 0 bridgehead atoms. The maximum atomic E-state index is 12.5. The Kier molecular flexibility index (Phi) is 2.98. The maximum Gasteiger partial charge on any atom is 0.417 e. The van der Waals surface area contributed by atoms with E-state index in [9.17, 15) is 9.59 Å². The molecule has 0 aliphatic rings. The first-order chi connectivity index (χ1) is 10.1. The number of aromatic nitrogens is 1. The third-order valence-electron chi connectivity index (χ3n) is 3.15. The maximum absolute atomic E-state index is 12.5. The molecular formula is C15H12N2O4. The Hall–Kier alpha value is -3.02. The van der Waals surface area contributed by atoms with Crippen LogP contribution in [-0.4, -0.2) is 17.9 Å². The van der Waals surface area contributed by atoms with Gasteiger partial charge in [-0.2, -0.15) is 0 Å². The number of aromatic amines is 1. The van der Waals surface area contributed by atoms with Gasteiger partial charge in [0.15, 0.2) is 11.4 Å². The van der Waals surface area contributed by atoms with Crippen LogP contribution in [0.4, 0.5) is 5.69 Å². The van der Waals surface area contributed by atoms with Gasteiger partial charge in [-0.15, -0.1) is 0 Å². The van der Waals surface area contributed by atoms with Gasteiger partial charge in [-0.1, -0.05) is 0 Å². The SMILES string of the molecule is COc1cc(N)ccc1C(=O)c1ccc2[nH]c(=O)oc2c1. The van der Waals surface area contributed by atoms with Crippen molar-refractivity contribution in [2.45, 2.75) is 0 Å². The lowest BCUT2D eigenvalue weighted by molar-refractivity contribution is 0.103. The van der Waals surface area contributed by atoms with Crippen molar-refractivity contribution in [3.63, 3.8) is 0 Å². The minimum atomic E-state index is -0.556. The second kappa shape index (κ2) is 4.82. The molecule has 3 rings (SSSR count). The first kappa shape index (κ1) is 13.0. The number of oxazole rings is 1. The van der Waals surface area contributed by atoms with Gasteiger partial charge in [0.05, 0.1) is 18.2 Å². The lowest BCUT2D eigenvalue weighted by atomic mass is 10.0. The number of ketones is 1. The highest BCUT2D eigenvalue weighted by Crippen LogP contribution is 2.25. The first-order valence-electron chi connectivity index (χ1n) is 6.19. The summed E-state index contributed by atoms with van der Waals surface area (Å²) in [6.45, 7) is 0. The van der Waals surface area contributed by atoms with Crippen LogP contribution in [0, 0.1) is 0 Å². The van der Waals surface area contributed by atoms with E-state index in [-0.39, 0.29) is 5.78 Å². The van der Waals surface area contributed by atoms with Gasteiger partial charge in [0.2, 0.25) is 0 Å². The molecule has 3 aromatic rings. The molecule has 106 valence electrons. The molecule has 0 radical (unpaired) electrons. The minimum Gasteiger partial charge on any atom is -0.496 e. The standard InChI is InChI=1S/C15H12N2O4/c1-20-12-7-9(16)3-4-10(12)14(18)8-2-5-11-13(6-8)21-15(19)17-11/h2-7H,16H2,1H3,(H,17,19). The van der Waals surface area contributed by atoms with Gasteiger partial charge in [-0.25, -0.2) is 4.79 Å². The van der Waals surface area contributed by atoms with Gasteiger partial charge in [0.25, 0.3) is 0 Å². The van der Waals surface area contributed by atoms with E-state index in [1.165, 1.54) is 13.2 Å². The van der Waals surface area contributed by atoms with E-state index in [4.69, 9.17) is 14.9 Å². The Balaban J connectivity index is 2.09. The lowest BCUT2D eigenvalue weighted by Crippen LogP contribution is -2.04. The van der Waals surface area contributed by atoms with E-state index in [0.717, 1.165) is 0 Å². The molecular weight excluding hydrogens is 272 g/mol. The quantitative estimate of drug-likeness (QED) is 0.565. The fourth-order valence-electron chi connectivity index (χ4n) is 2.14. The fourth-order valence-corrected chi connectivity index (χ4v) is 2.14. The summed E-state index contributed by atoms with van der Waals surface area (Å²) in [5.74, 6) is -0.395. The molecule has 1 heterocycles. The number of nitrogen functional groups attached to an aromatic ring is 1. The Bertz CT molecular complexity index is 892. The van der Waals surface area contributed by atoms with E-state index < -0.39 is 5.76 Å². The van der Waals surface area contributed by atoms with E-state index in [0.29, 0.717) is 33.7 Å². The Labute approximate surface area is 119 Å². The molecule has 0 fully saturated rings. The van der Waals surface area contributed by atoms with Crippen molar-refractivity contribution in [3.8, 4) is 5.75 Å². The molecule has 6 heteroatoms. The average Bonchev–Trinajstić information content (AvgIpc) is 2.85. The number of anilines is 1. The highest BCUT2D eigenvalue weighted by Gasteiger charge is 2.16. The smallest absolute Gasteiger partial charge is 0.417 e. The van der Waals surface area contributed by atoms with Gasteiger partial charge in [0, 0.05) is 17.3 Å². The van der Waals surface area contributed by atoms with E-state index >= 15 is 0 Å². The number of H-pyrrole nitrogens is 1.